The van der Waals surface area contributed by atoms with Crippen molar-refractivity contribution in [2.24, 2.45) is 0 Å². The zero-order chi connectivity index (χ0) is 15.8. The van der Waals surface area contributed by atoms with Crippen molar-refractivity contribution < 1.29 is 4.42 Å². The van der Waals surface area contributed by atoms with Crippen molar-refractivity contribution in [2.75, 3.05) is 5.32 Å². The van der Waals surface area contributed by atoms with E-state index in [0.717, 1.165) is 22.9 Å². The van der Waals surface area contributed by atoms with Crippen LogP contribution in [0, 0.1) is 13.8 Å². The zero-order valence-electron chi connectivity index (χ0n) is 13.8. The molecule has 120 valence electrons. The molecule has 1 saturated carbocycles. The Kier molecular flexibility index (Phi) is 3.60. The number of anilines is 1. The summed E-state index contributed by atoms with van der Waals surface area (Å²) in [5.74, 6) is 1.89. The first-order valence-electron chi connectivity index (χ1n) is 8.52. The molecule has 23 heavy (non-hydrogen) atoms. The predicted molar refractivity (Wildman–Crippen MR) is 92.9 cm³/mol. The molecule has 4 rings (SSSR count). The van der Waals surface area contributed by atoms with E-state index in [1.165, 1.54) is 43.4 Å². The Bertz CT molecular complexity index is 811. The van der Waals surface area contributed by atoms with Crippen molar-refractivity contribution in [3.05, 3.63) is 41.8 Å². The van der Waals surface area contributed by atoms with Crippen LogP contribution in [0.3, 0.4) is 0 Å². The second kappa shape index (κ2) is 5.76. The highest BCUT2D eigenvalue weighted by Gasteiger charge is 2.21. The summed E-state index contributed by atoms with van der Waals surface area (Å²) in [6.45, 7) is 4.25. The maximum atomic E-state index is 5.63. The predicted octanol–water partition coefficient (Wildman–Crippen LogP) is 4.96. The lowest BCUT2D eigenvalue weighted by Gasteiger charge is -2.24. The van der Waals surface area contributed by atoms with E-state index < -0.39 is 0 Å². The summed E-state index contributed by atoms with van der Waals surface area (Å²) in [5, 5.41) is 3.76. The number of fused-ring (bicyclic) bond motifs is 1. The number of nitrogens with zero attached hydrogens (tertiary/aromatic N) is 2. The number of furan rings is 1. The van der Waals surface area contributed by atoms with Crippen LogP contribution in [0.1, 0.15) is 43.4 Å². The number of aryl methyl sites for hydroxylation is 2. The third-order valence-corrected chi connectivity index (χ3v) is 4.75. The second-order valence-corrected chi connectivity index (χ2v) is 6.63. The molecule has 0 saturated heterocycles. The van der Waals surface area contributed by atoms with Gasteiger partial charge < -0.3 is 9.73 Å². The van der Waals surface area contributed by atoms with Crippen LogP contribution in [0.4, 0.5) is 5.82 Å². The largest absolute Gasteiger partial charge is 0.463 e. The molecule has 4 nitrogen and oxygen atoms in total. The number of hydrogen-bond donors (Lipinski definition) is 1. The minimum Gasteiger partial charge on any atom is -0.463 e. The van der Waals surface area contributed by atoms with Crippen molar-refractivity contribution in [1.82, 2.24) is 9.38 Å². The topological polar surface area (TPSA) is 42.5 Å². The number of imidazole rings is 1. The molecule has 1 aliphatic carbocycles. The normalized spacial score (nSPS) is 16.1. The Labute approximate surface area is 136 Å². The average Bonchev–Trinajstić information content (AvgIpc) is 3.16. The number of hydrogen-bond acceptors (Lipinski definition) is 3. The summed E-state index contributed by atoms with van der Waals surface area (Å²) < 4.78 is 7.85. The molecule has 0 aromatic carbocycles. The molecule has 1 aliphatic rings. The van der Waals surface area contributed by atoms with Gasteiger partial charge in [-0.05, 0) is 56.5 Å². The van der Waals surface area contributed by atoms with E-state index in [0.29, 0.717) is 6.04 Å². The first-order chi connectivity index (χ1) is 11.2. The van der Waals surface area contributed by atoms with E-state index in [1.807, 2.05) is 12.1 Å². The van der Waals surface area contributed by atoms with Gasteiger partial charge in [-0.3, -0.25) is 4.40 Å². The average molecular weight is 309 g/mol. The van der Waals surface area contributed by atoms with Gasteiger partial charge in [0, 0.05) is 11.7 Å². The van der Waals surface area contributed by atoms with Gasteiger partial charge in [-0.2, -0.15) is 0 Å². The molecule has 3 aromatic rings. The molecule has 4 heteroatoms. The van der Waals surface area contributed by atoms with Crippen LogP contribution < -0.4 is 5.32 Å². The quantitative estimate of drug-likeness (QED) is 0.744. The molecule has 0 unspecified atom stereocenters. The maximum Gasteiger partial charge on any atom is 0.156 e. The molecule has 3 aromatic heterocycles. The molecule has 3 heterocycles. The fourth-order valence-electron chi connectivity index (χ4n) is 3.69. The molecule has 0 radical (unpaired) electrons. The van der Waals surface area contributed by atoms with Crippen LogP contribution in [0.25, 0.3) is 17.1 Å². The number of pyridine rings is 1. The SMILES string of the molecule is Cc1cc(C)n2c(NC3CCCCC3)c(-c3ccco3)nc2c1. The Morgan fingerprint density at radius 3 is 2.74 bits per heavy atom. The van der Waals surface area contributed by atoms with Gasteiger partial charge in [-0.15, -0.1) is 0 Å². The number of nitrogens with one attached hydrogen (secondary N) is 1. The van der Waals surface area contributed by atoms with Crippen molar-refractivity contribution in [3.8, 4) is 11.5 Å². The van der Waals surface area contributed by atoms with Gasteiger partial charge >= 0.3 is 0 Å². The Hall–Kier alpha value is -2.23. The third-order valence-electron chi connectivity index (χ3n) is 4.75. The lowest BCUT2D eigenvalue weighted by atomic mass is 9.95. The fraction of sp³-hybridized carbons (Fsp3) is 0.421. The van der Waals surface area contributed by atoms with E-state index in [9.17, 15) is 0 Å². The first-order valence-corrected chi connectivity index (χ1v) is 8.52. The summed E-state index contributed by atoms with van der Waals surface area (Å²) in [6.07, 6.45) is 8.15. The summed E-state index contributed by atoms with van der Waals surface area (Å²) in [4.78, 5) is 4.85. The van der Waals surface area contributed by atoms with Crippen LogP contribution >= 0.6 is 0 Å². The van der Waals surface area contributed by atoms with E-state index in [-0.39, 0.29) is 0 Å². The van der Waals surface area contributed by atoms with Crippen molar-refractivity contribution in [1.29, 1.82) is 0 Å². The third kappa shape index (κ3) is 2.62. The molecular weight excluding hydrogens is 286 g/mol. The molecule has 0 atom stereocenters. The monoisotopic (exact) mass is 309 g/mol. The van der Waals surface area contributed by atoms with Gasteiger partial charge in [-0.1, -0.05) is 19.3 Å². The maximum absolute atomic E-state index is 5.63. The summed E-state index contributed by atoms with van der Waals surface area (Å²) >= 11 is 0. The van der Waals surface area contributed by atoms with Gasteiger partial charge in [0.15, 0.2) is 5.76 Å². The van der Waals surface area contributed by atoms with E-state index in [1.54, 1.807) is 6.26 Å². The van der Waals surface area contributed by atoms with Gasteiger partial charge in [0.1, 0.15) is 17.2 Å². The minimum atomic E-state index is 0.526. The number of aromatic nitrogens is 2. The van der Waals surface area contributed by atoms with Gasteiger partial charge in [-0.25, -0.2) is 4.98 Å². The van der Waals surface area contributed by atoms with E-state index in [4.69, 9.17) is 9.40 Å². The molecular formula is C19H23N3O. The Morgan fingerprint density at radius 1 is 1.17 bits per heavy atom. The lowest BCUT2D eigenvalue weighted by Crippen LogP contribution is -2.23. The summed E-state index contributed by atoms with van der Waals surface area (Å²) in [5.41, 5.74) is 4.32. The molecule has 0 bridgehead atoms. The Morgan fingerprint density at radius 2 is 2.00 bits per heavy atom. The minimum absolute atomic E-state index is 0.526. The van der Waals surface area contributed by atoms with Crippen molar-refractivity contribution in [2.45, 2.75) is 52.0 Å². The molecule has 1 fully saturated rings. The van der Waals surface area contributed by atoms with E-state index in [2.05, 4.69) is 35.7 Å². The fourth-order valence-corrected chi connectivity index (χ4v) is 3.69. The van der Waals surface area contributed by atoms with Crippen LogP contribution in [0.2, 0.25) is 0 Å². The van der Waals surface area contributed by atoms with Crippen LogP contribution in [-0.2, 0) is 0 Å². The van der Waals surface area contributed by atoms with Crippen molar-refractivity contribution in [3.63, 3.8) is 0 Å². The molecule has 0 amide bonds. The van der Waals surface area contributed by atoms with Gasteiger partial charge in [0.05, 0.1) is 6.26 Å². The highest BCUT2D eigenvalue weighted by Crippen LogP contribution is 2.32. The second-order valence-electron chi connectivity index (χ2n) is 6.63. The van der Waals surface area contributed by atoms with E-state index >= 15 is 0 Å². The van der Waals surface area contributed by atoms with Crippen LogP contribution in [0.5, 0.6) is 0 Å². The van der Waals surface area contributed by atoms with Crippen molar-refractivity contribution >= 4 is 11.5 Å². The number of rotatable bonds is 3. The van der Waals surface area contributed by atoms with Crippen LogP contribution in [-0.4, -0.2) is 15.4 Å². The highest BCUT2D eigenvalue weighted by molar-refractivity contribution is 5.74. The first kappa shape index (κ1) is 14.4. The Balaban J connectivity index is 1.85. The smallest absolute Gasteiger partial charge is 0.156 e. The molecule has 0 aliphatic heterocycles. The summed E-state index contributed by atoms with van der Waals surface area (Å²) in [6, 6.07) is 8.76. The highest BCUT2D eigenvalue weighted by atomic mass is 16.3. The van der Waals surface area contributed by atoms with Gasteiger partial charge in [0.2, 0.25) is 0 Å². The summed E-state index contributed by atoms with van der Waals surface area (Å²) in [7, 11) is 0. The van der Waals surface area contributed by atoms with Crippen LogP contribution in [0.15, 0.2) is 34.9 Å². The standard InChI is InChI=1S/C19H23N3O/c1-13-11-14(2)22-17(12-13)21-18(16-9-6-10-23-16)19(22)20-15-7-4-3-5-8-15/h6,9-12,15,20H,3-5,7-8H2,1-2H3. The lowest BCUT2D eigenvalue weighted by molar-refractivity contribution is 0.461. The molecule has 0 spiro atoms. The van der Waals surface area contributed by atoms with Gasteiger partial charge in [0.25, 0.3) is 0 Å². The zero-order valence-corrected chi connectivity index (χ0v) is 13.8. The molecule has 1 N–H and O–H groups in total.